The lowest BCUT2D eigenvalue weighted by Crippen LogP contribution is -2.29. The van der Waals surface area contributed by atoms with E-state index in [4.69, 9.17) is 9.15 Å². The fraction of sp³-hybridized carbons (Fsp3) is 0.733. The summed E-state index contributed by atoms with van der Waals surface area (Å²) >= 11 is 0. The van der Waals surface area contributed by atoms with Crippen LogP contribution < -0.4 is 5.32 Å². The van der Waals surface area contributed by atoms with Crippen molar-refractivity contribution in [1.82, 2.24) is 5.32 Å². The van der Waals surface area contributed by atoms with E-state index in [0.717, 1.165) is 24.0 Å². The van der Waals surface area contributed by atoms with E-state index in [1.807, 2.05) is 6.07 Å². The normalized spacial score (nSPS) is 25.5. The third-order valence-electron chi connectivity index (χ3n) is 4.06. The van der Waals surface area contributed by atoms with Crippen LogP contribution >= 0.6 is 0 Å². The van der Waals surface area contributed by atoms with Crippen molar-refractivity contribution in [3.8, 4) is 0 Å². The SMILES string of the molecule is CCNC(c1ccc(COC)o1)C1CCCC1C. The number of rotatable bonds is 6. The minimum atomic E-state index is 0.359. The second kappa shape index (κ2) is 6.39. The Kier molecular flexibility index (Phi) is 4.84. The number of nitrogens with one attached hydrogen (secondary N) is 1. The highest BCUT2D eigenvalue weighted by molar-refractivity contribution is 5.12. The lowest BCUT2D eigenvalue weighted by atomic mass is 9.89. The van der Waals surface area contributed by atoms with Crippen molar-refractivity contribution in [3.63, 3.8) is 0 Å². The highest BCUT2D eigenvalue weighted by Gasteiger charge is 2.33. The van der Waals surface area contributed by atoms with Crippen molar-refractivity contribution in [2.45, 2.75) is 45.8 Å². The molecule has 1 heterocycles. The fourth-order valence-corrected chi connectivity index (χ4v) is 3.13. The zero-order valence-electron chi connectivity index (χ0n) is 11.7. The molecular weight excluding hydrogens is 226 g/mol. The molecule has 1 fully saturated rings. The van der Waals surface area contributed by atoms with Gasteiger partial charge in [-0.15, -0.1) is 0 Å². The van der Waals surface area contributed by atoms with Gasteiger partial charge in [-0.1, -0.05) is 26.7 Å². The number of methoxy groups -OCH3 is 1. The van der Waals surface area contributed by atoms with E-state index in [1.165, 1.54) is 19.3 Å². The van der Waals surface area contributed by atoms with Gasteiger partial charge < -0.3 is 14.5 Å². The molecule has 0 saturated heterocycles. The van der Waals surface area contributed by atoms with Crippen LogP contribution in [0.2, 0.25) is 0 Å². The molecule has 1 saturated carbocycles. The van der Waals surface area contributed by atoms with E-state index in [0.29, 0.717) is 18.6 Å². The molecule has 1 aliphatic carbocycles. The molecule has 1 N–H and O–H groups in total. The van der Waals surface area contributed by atoms with Crippen molar-refractivity contribution in [1.29, 1.82) is 0 Å². The van der Waals surface area contributed by atoms with Gasteiger partial charge in [0.25, 0.3) is 0 Å². The fourth-order valence-electron chi connectivity index (χ4n) is 3.13. The molecule has 3 heteroatoms. The van der Waals surface area contributed by atoms with Crippen molar-refractivity contribution >= 4 is 0 Å². The molecule has 2 rings (SSSR count). The summed E-state index contributed by atoms with van der Waals surface area (Å²) in [6, 6.07) is 4.49. The smallest absolute Gasteiger partial charge is 0.129 e. The summed E-state index contributed by atoms with van der Waals surface area (Å²) in [7, 11) is 1.70. The topological polar surface area (TPSA) is 34.4 Å². The molecule has 1 aliphatic rings. The molecule has 0 aromatic carbocycles. The van der Waals surface area contributed by atoms with Crippen LogP contribution in [0.5, 0.6) is 0 Å². The van der Waals surface area contributed by atoms with Gasteiger partial charge in [0.1, 0.15) is 18.1 Å². The average Bonchev–Trinajstić information content (AvgIpc) is 2.96. The quantitative estimate of drug-likeness (QED) is 0.840. The lowest BCUT2D eigenvalue weighted by Gasteiger charge is -2.26. The van der Waals surface area contributed by atoms with E-state index in [1.54, 1.807) is 7.11 Å². The van der Waals surface area contributed by atoms with Gasteiger partial charge in [0, 0.05) is 7.11 Å². The Hall–Kier alpha value is -0.800. The monoisotopic (exact) mass is 251 g/mol. The highest BCUT2D eigenvalue weighted by Crippen LogP contribution is 2.40. The molecular formula is C15H25NO2. The Morgan fingerprint density at radius 3 is 2.89 bits per heavy atom. The standard InChI is InChI=1S/C15H25NO2/c1-4-16-15(13-7-5-6-11(13)2)14-9-8-12(18-14)10-17-3/h8-9,11,13,15-16H,4-7,10H2,1-3H3. The third-order valence-corrected chi connectivity index (χ3v) is 4.06. The molecule has 1 aromatic rings. The van der Waals surface area contributed by atoms with Gasteiger partial charge in [0.15, 0.2) is 0 Å². The Balaban J connectivity index is 2.12. The van der Waals surface area contributed by atoms with Gasteiger partial charge in [-0.25, -0.2) is 0 Å². The molecule has 0 aliphatic heterocycles. The van der Waals surface area contributed by atoms with Crippen LogP contribution in [0.1, 0.15) is 50.7 Å². The Morgan fingerprint density at radius 1 is 1.44 bits per heavy atom. The summed E-state index contributed by atoms with van der Waals surface area (Å²) in [4.78, 5) is 0. The summed E-state index contributed by atoms with van der Waals surface area (Å²) in [6.07, 6.45) is 4.00. The predicted molar refractivity (Wildman–Crippen MR) is 72.3 cm³/mol. The van der Waals surface area contributed by atoms with Crippen LogP contribution in [0.4, 0.5) is 0 Å². The van der Waals surface area contributed by atoms with E-state index in [9.17, 15) is 0 Å². The van der Waals surface area contributed by atoms with Gasteiger partial charge in [-0.2, -0.15) is 0 Å². The summed E-state index contributed by atoms with van der Waals surface area (Å²) in [5, 5.41) is 3.59. The van der Waals surface area contributed by atoms with Gasteiger partial charge >= 0.3 is 0 Å². The maximum Gasteiger partial charge on any atom is 0.129 e. The second-order valence-electron chi connectivity index (χ2n) is 5.34. The van der Waals surface area contributed by atoms with E-state index in [-0.39, 0.29) is 0 Å². The molecule has 3 atom stereocenters. The molecule has 0 amide bonds. The van der Waals surface area contributed by atoms with Crippen LogP contribution in [-0.2, 0) is 11.3 Å². The minimum absolute atomic E-state index is 0.359. The Morgan fingerprint density at radius 2 is 2.28 bits per heavy atom. The van der Waals surface area contributed by atoms with Crippen molar-refractivity contribution in [2.75, 3.05) is 13.7 Å². The van der Waals surface area contributed by atoms with E-state index < -0.39 is 0 Å². The number of furan rings is 1. The average molecular weight is 251 g/mol. The first-order chi connectivity index (χ1) is 8.76. The van der Waals surface area contributed by atoms with E-state index in [2.05, 4.69) is 25.2 Å². The summed E-state index contributed by atoms with van der Waals surface area (Å²) in [5.74, 6) is 3.47. The predicted octanol–water partition coefficient (Wildman–Crippen LogP) is 3.51. The molecule has 1 aromatic heterocycles. The maximum atomic E-state index is 5.91. The Bertz CT molecular complexity index is 361. The first kappa shape index (κ1) is 13.6. The number of ether oxygens (including phenoxy) is 1. The maximum absolute atomic E-state index is 5.91. The summed E-state index contributed by atoms with van der Waals surface area (Å²) in [6.45, 7) is 6.06. The Labute approximate surface area is 110 Å². The molecule has 102 valence electrons. The van der Waals surface area contributed by atoms with Crippen LogP contribution in [0.15, 0.2) is 16.5 Å². The molecule has 0 spiro atoms. The number of hydrogen-bond donors (Lipinski definition) is 1. The van der Waals surface area contributed by atoms with Crippen LogP contribution in [0.3, 0.4) is 0 Å². The van der Waals surface area contributed by atoms with Gasteiger partial charge in [-0.05, 0) is 36.9 Å². The summed E-state index contributed by atoms with van der Waals surface area (Å²) < 4.78 is 11.0. The van der Waals surface area contributed by atoms with Gasteiger partial charge in [0.2, 0.25) is 0 Å². The van der Waals surface area contributed by atoms with Gasteiger partial charge in [-0.3, -0.25) is 0 Å². The molecule has 3 nitrogen and oxygen atoms in total. The largest absolute Gasteiger partial charge is 0.462 e. The lowest BCUT2D eigenvalue weighted by molar-refractivity contribution is 0.158. The van der Waals surface area contributed by atoms with Crippen LogP contribution in [0, 0.1) is 11.8 Å². The van der Waals surface area contributed by atoms with Crippen LogP contribution in [0.25, 0.3) is 0 Å². The first-order valence-electron chi connectivity index (χ1n) is 7.07. The van der Waals surface area contributed by atoms with Crippen LogP contribution in [-0.4, -0.2) is 13.7 Å². The molecule has 3 unspecified atom stereocenters. The molecule has 18 heavy (non-hydrogen) atoms. The second-order valence-corrected chi connectivity index (χ2v) is 5.34. The van der Waals surface area contributed by atoms with Gasteiger partial charge in [0.05, 0.1) is 6.04 Å². The summed E-state index contributed by atoms with van der Waals surface area (Å²) in [5.41, 5.74) is 0. The zero-order chi connectivity index (χ0) is 13.0. The van der Waals surface area contributed by atoms with E-state index >= 15 is 0 Å². The molecule has 0 radical (unpaired) electrons. The van der Waals surface area contributed by atoms with Crippen molar-refractivity contribution in [2.24, 2.45) is 11.8 Å². The van der Waals surface area contributed by atoms with Crippen molar-refractivity contribution in [3.05, 3.63) is 23.7 Å². The first-order valence-corrected chi connectivity index (χ1v) is 7.07. The minimum Gasteiger partial charge on any atom is -0.462 e. The highest BCUT2D eigenvalue weighted by atomic mass is 16.5. The molecule has 0 bridgehead atoms. The van der Waals surface area contributed by atoms with Crippen molar-refractivity contribution < 1.29 is 9.15 Å². The zero-order valence-corrected chi connectivity index (χ0v) is 11.7. The number of hydrogen-bond acceptors (Lipinski definition) is 3. The third kappa shape index (κ3) is 2.96.